The molecular formula is C21H22N6O3. The number of methoxy groups -OCH3 is 2. The van der Waals surface area contributed by atoms with Crippen molar-refractivity contribution in [3.63, 3.8) is 0 Å². The van der Waals surface area contributed by atoms with Crippen molar-refractivity contribution in [3.8, 4) is 11.5 Å². The Morgan fingerprint density at radius 3 is 2.80 bits per heavy atom. The zero-order chi connectivity index (χ0) is 20.7. The van der Waals surface area contributed by atoms with Crippen molar-refractivity contribution >= 4 is 28.0 Å². The Balaban J connectivity index is 1.45. The van der Waals surface area contributed by atoms with Crippen LogP contribution in [-0.2, 0) is 0 Å². The molecule has 9 heteroatoms. The molecule has 2 N–H and O–H groups in total. The summed E-state index contributed by atoms with van der Waals surface area (Å²) in [7, 11) is 3.22. The average molecular weight is 406 g/mol. The molecule has 30 heavy (non-hydrogen) atoms. The van der Waals surface area contributed by atoms with Crippen LogP contribution in [-0.4, -0.2) is 63.3 Å². The first kappa shape index (κ1) is 18.4. The Kier molecular flexibility index (Phi) is 4.50. The first-order chi connectivity index (χ1) is 14.7. The number of aromatic amines is 2. The monoisotopic (exact) mass is 406 g/mol. The molecule has 0 unspecified atom stereocenters. The number of nitrogens with one attached hydrogen (secondary N) is 2. The van der Waals surface area contributed by atoms with Crippen molar-refractivity contribution in [2.45, 2.75) is 18.8 Å². The second kappa shape index (κ2) is 7.33. The summed E-state index contributed by atoms with van der Waals surface area (Å²) in [5, 5.41) is 8.16. The summed E-state index contributed by atoms with van der Waals surface area (Å²) in [5.41, 5.74) is 3.59. The smallest absolute Gasteiger partial charge is 0.270 e. The number of benzene rings is 1. The van der Waals surface area contributed by atoms with Crippen LogP contribution in [0.15, 0.2) is 30.6 Å². The maximum Gasteiger partial charge on any atom is 0.270 e. The third kappa shape index (κ3) is 2.94. The van der Waals surface area contributed by atoms with Crippen LogP contribution in [0.3, 0.4) is 0 Å². The Morgan fingerprint density at radius 1 is 1.17 bits per heavy atom. The number of hydrogen-bond donors (Lipinski definition) is 2. The summed E-state index contributed by atoms with van der Waals surface area (Å²) < 4.78 is 10.9. The van der Waals surface area contributed by atoms with Crippen molar-refractivity contribution in [2.24, 2.45) is 0 Å². The minimum atomic E-state index is -0.0464. The van der Waals surface area contributed by atoms with Crippen LogP contribution in [0.4, 0.5) is 0 Å². The number of hydrogen-bond acceptors (Lipinski definition) is 6. The second-order valence-electron chi connectivity index (χ2n) is 7.40. The fraction of sp³-hybridized carbons (Fsp3) is 0.333. The van der Waals surface area contributed by atoms with Gasteiger partial charge in [-0.05, 0) is 31.0 Å². The summed E-state index contributed by atoms with van der Waals surface area (Å²) >= 11 is 0. The highest BCUT2D eigenvalue weighted by Gasteiger charge is 2.29. The van der Waals surface area contributed by atoms with E-state index in [1.54, 1.807) is 26.6 Å². The average Bonchev–Trinajstić information content (AvgIpc) is 3.43. The number of carbonyl (C=O) groups excluding carboxylic acids is 1. The molecule has 0 radical (unpaired) electrons. The molecule has 1 amide bonds. The molecule has 1 atom stereocenters. The summed E-state index contributed by atoms with van der Waals surface area (Å²) in [6.45, 7) is 1.30. The van der Waals surface area contributed by atoms with E-state index >= 15 is 0 Å². The van der Waals surface area contributed by atoms with Crippen molar-refractivity contribution < 1.29 is 14.3 Å². The van der Waals surface area contributed by atoms with Crippen LogP contribution < -0.4 is 9.47 Å². The SMILES string of the molecule is COc1ccc(OC)c2[nH]c(C(=O)N3CCC[C@@H](c4[nH]nc5nccnc45)C3)cc12. The van der Waals surface area contributed by atoms with Crippen LogP contribution in [0, 0.1) is 0 Å². The first-order valence-electron chi connectivity index (χ1n) is 9.87. The number of fused-ring (bicyclic) bond motifs is 2. The zero-order valence-corrected chi connectivity index (χ0v) is 16.8. The first-order valence-corrected chi connectivity index (χ1v) is 9.87. The van der Waals surface area contributed by atoms with E-state index in [9.17, 15) is 4.79 Å². The van der Waals surface area contributed by atoms with Crippen LogP contribution in [0.5, 0.6) is 11.5 Å². The molecule has 154 valence electrons. The number of amides is 1. The van der Waals surface area contributed by atoms with E-state index in [1.165, 1.54) is 0 Å². The number of rotatable bonds is 4. The molecule has 1 fully saturated rings. The lowest BCUT2D eigenvalue weighted by atomic mass is 9.94. The molecule has 0 bridgehead atoms. The van der Waals surface area contributed by atoms with Gasteiger partial charge >= 0.3 is 0 Å². The number of carbonyl (C=O) groups is 1. The van der Waals surface area contributed by atoms with E-state index in [-0.39, 0.29) is 11.8 Å². The molecular weight excluding hydrogens is 384 g/mol. The van der Waals surface area contributed by atoms with Gasteiger partial charge in [-0.3, -0.25) is 9.89 Å². The number of likely N-dealkylation sites (tertiary alicyclic amines) is 1. The summed E-state index contributed by atoms with van der Waals surface area (Å²) in [6, 6.07) is 5.50. The number of H-pyrrole nitrogens is 2. The van der Waals surface area contributed by atoms with Gasteiger partial charge < -0.3 is 19.4 Å². The maximum atomic E-state index is 13.3. The summed E-state index contributed by atoms with van der Waals surface area (Å²) in [6.07, 6.45) is 5.16. The lowest BCUT2D eigenvalue weighted by Crippen LogP contribution is -2.39. The van der Waals surface area contributed by atoms with Crippen LogP contribution in [0.25, 0.3) is 22.1 Å². The number of nitrogens with zero attached hydrogens (tertiary/aromatic N) is 4. The molecule has 0 aliphatic carbocycles. The van der Waals surface area contributed by atoms with Crippen molar-refractivity contribution in [1.29, 1.82) is 0 Å². The molecule has 1 aliphatic rings. The van der Waals surface area contributed by atoms with E-state index in [1.807, 2.05) is 23.1 Å². The zero-order valence-electron chi connectivity index (χ0n) is 16.8. The minimum absolute atomic E-state index is 0.0464. The quantitative estimate of drug-likeness (QED) is 0.539. The lowest BCUT2D eigenvalue weighted by molar-refractivity contribution is 0.0701. The number of piperidine rings is 1. The van der Waals surface area contributed by atoms with Gasteiger partial charge in [-0.1, -0.05) is 0 Å². The van der Waals surface area contributed by atoms with Crippen LogP contribution >= 0.6 is 0 Å². The number of ether oxygens (including phenoxy) is 2. The molecule has 4 aromatic rings. The predicted octanol–water partition coefficient (Wildman–Crippen LogP) is 2.87. The fourth-order valence-corrected chi connectivity index (χ4v) is 4.25. The summed E-state index contributed by atoms with van der Waals surface area (Å²) in [5.74, 6) is 1.46. The Labute approximate surface area is 172 Å². The Hall–Kier alpha value is -3.62. The Bertz CT molecular complexity index is 1190. The van der Waals surface area contributed by atoms with Crippen LogP contribution in [0.1, 0.15) is 34.9 Å². The highest BCUT2D eigenvalue weighted by molar-refractivity contribution is 6.01. The van der Waals surface area contributed by atoms with Gasteiger partial charge in [0.25, 0.3) is 5.91 Å². The minimum Gasteiger partial charge on any atom is -0.496 e. The van der Waals surface area contributed by atoms with E-state index in [0.717, 1.165) is 35.0 Å². The van der Waals surface area contributed by atoms with Gasteiger partial charge in [0, 0.05) is 36.8 Å². The van der Waals surface area contributed by atoms with Crippen molar-refractivity contribution in [3.05, 3.63) is 42.0 Å². The van der Waals surface area contributed by atoms with Gasteiger partial charge in [-0.25, -0.2) is 9.97 Å². The third-order valence-corrected chi connectivity index (χ3v) is 5.72. The molecule has 0 saturated carbocycles. The third-order valence-electron chi connectivity index (χ3n) is 5.72. The molecule has 4 heterocycles. The highest BCUT2D eigenvalue weighted by Crippen LogP contribution is 2.34. The van der Waals surface area contributed by atoms with E-state index in [2.05, 4.69) is 25.1 Å². The van der Waals surface area contributed by atoms with Gasteiger partial charge in [-0.2, -0.15) is 5.10 Å². The van der Waals surface area contributed by atoms with E-state index in [0.29, 0.717) is 35.9 Å². The predicted molar refractivity (Wildman–Crippen MR) is 111 cm³/mol. The fourth-order valence-electron chi connectivity index (χ4n) is 4.25. The summed E-state index contributed by atoms with van der Waals surface area (Å²) in [4.78, 5) is 27.1. The highest BCUT2D eigenvalue weighted by atomic mass is 16.5. The van der Waals surface area contributed by atoms with Gasteiger partial charge in [0.1, 0.15) is 22.7 Å². The van der Waals surface area contributed by atoms with Gasteiger partial charge in [0.15, 0.2) is 5.65 Å². The van der Waals surface area contributed by atoms with Crippen LogP contribution in [0.2, 0.25) is 0 Å². The molecule has 1 aromatic carbocycles. The largest absolute Gasteiger partial charge is 0.496 e. The van der Waals surface area contributed by atoms with Gasteiger partial charge in [-0.15, -0.1) is 0 Å². The van der Waals surface area contributed by atoms with Gasteiger partial charge in [0.2, 0.25) is 0 Å². The molecule has 5 rings (SSSR count). The molecule has 0 spiro atoms. The molecule has 1 saturated heterocycles. The van der Waals surface area contributed by atoms with E-state index in [4.69, 9.17) is 9.47 Å². The normalized spacial score (nSPS) is 16.9. The number of aromatic nitrogens is 5. The molecule has 1 aliphatic heterocycles. The molecule has 3 aromatic heterocycles. The Morgan fingerprint density at radius 2 is 1.97 bits per heavy atom. The topological polar surface area (TPSA) is 109 Å². The van der Waals surface area contributed by atoms with Gasteiger partial charge in [0.05, 0.1) is 25.4 Å². The van der Waals surface area contributed by atoms with E-state index < -0.39 is 0 Å². The lowest BCUT2D eigenvalue weighted by Gasteiger charge is -2.32. The van der Waals surface area contributed by atoms with Crippen molar-refractivity contribution in [1.82, 2.24) is 30.0 Å². The maximum absolute atomic E-state index is 13.3. The molecule has 9 nitrogen and oxygen atoms in total. The standard InChI is InChI=1S/C21H22N6O3/c1-29-15-5-6-16(30-2)18-13(15)10-14(24-18)21(28)27-9-3-4-12(11-27)17-19-20(26-25-17)23-8-7-22-19/h5-8,10,12,24H,3-4,9,11H2,1-2H3,(H,23,25,26)/t12-/m1/s1. The van der Waals surface area contributed by atoms with Crippen molar-refractivity contribution in [2.75, 3.05) is 27.3 Å². The second-order valence-corrected chi connectivity index (χ2v) is 7.40.